The van der Waals surface area contributed by atoms with Crippen LogP contribution >= 0.6 is 7.82 Å². The Kier molecular flexibility index (Phi) is 9.63. The molecule has 0 radical (unpaired) electrons. The third kappa shape index (κ3) is 8.16. The van der Waals surface area contributed by atoms with Gasteiger partial charge in [-0.3, -0.25) is 19.4 Å². The summed E-state index contributed by atoms with van der Waals surface area (Å²) in [4.78, 5) is 57.0. The van der Waals surface area contributed by atoms with Crippen molar-refractivity contribution in [2.75, 3.05) is 6.61 Å². The number of hydrogen-bond donors (Lipinski definition) is 5. The van der Waals surface area contributed by atoms with Crippen LogP contribution in [0.1, 0.15) is 28.2 Å². The molecule has 0 aliphatic heterocycles. The van der Waals surface area contributed by atoms with Crippen LogP contribution in [0, 0.1) is 0 Å². The van der Waals surface area contributed by atoms with Gasteiger partial charge in [0.1, 0.15) is 24.4 Å². The van der Waals surface area contributed by atoms with Gasteiger partial charge >= 0.3 is 13.9 Å². The van der Waals surface area contributed by atoms with Gasteiger partial charge in [-0.15, -0.1) is 0 Å². The lowest BCUT2D eigenvalue weighted by molar-refractivity contribution is -0.128. The maximum Gasteiger partial charge on any atom is 0.524 e. The van der Waals surface area contributed by atoms with Gasteiger partial charge in [-0.1, -0.05) is 91.0 Å². The van der Waals surface area contributed by atoms with Gasteiger partial charge in [0, 0.05) is 18.8 Å². The zero-order chi connectivity index (χ0) is 32.0. The van der Waals surface area contributed by atoms with E-state index >= 15 is 0 Å². The Morgan fingerprint density at radius 3 is 1.84 bits per heavy atom. The number of benzene rings is 4. The molecule has 0 saturated carbocycles. The first-order chi connectivity index (χ1) is 21.6. The summed E-state index contributed by atoms with van der Waals surface area (Å²) in [5, 5.41) is 5.26. The summed E-state index contributed by atoms with van der Waals surface area (Å²) in [7, 11) is -4.76. The summed E-state index contributed by atoms with van der Waals surface area (Å²) in [5.41, 5.74) is 11.1. The normalized spacial score (nSPS) is 13.6. The Bertz CT molecular complexity index is 1680. The number of amides is 3. The number of ether oxygens (including phenoxy) is 1. The maximum atomic E-state index is 13.5. The molecule has 5 rings (SSSR count). The van der Waals surface area contributed by atoms with Crippen molar-refractivity contribution in [3.63, 3.8) is 0 Å². The summed E-state index contributed by atoms with van der Waals surface area (Å²) in [6.45, 7) is 0.0283. The highest BCUT2D eigenvalue weighted by Gasteiger charge is 2.31. The van der Waals surface area contributed by atoms with E-state index < -0.39 is 37.8 Å². The SMILES string of the molecule is NC(=O)[C@H](Cc1ccccc1)NC(=O)[C@H](Cc1ccc(OP(=O)(O)O)cc1)NC(=O)OCC1c2ccccc2-c2ccccc21. The van der Waals surface area contributed by atoms with Crippen molar-refractivity contribution in [3.05, 3.63) is 125 Å². The molecule has 0 fully saturated rings. The first kappa shape index (κ1) is 31.5. The fourth-order valence-electron chi connectivity index (χ4n) is 5.40. The summed E-state index contributed by atoms with van der Waals surface area (Å²) in [6, 6.07) is 28.3. The zero-order valence-corrected chi connectivity index (χ0v) is 24.9. The smallest absolute Gasteiger partial charge is 0.449 e. The number of alkyl carbamates (subject to hydrolysis) is 1. The molecule has 4 aromatic carbocycles. The Hall–Kier alpha value is -4.96. The minimum absolute atomic E-state index is 0.0283. The van der Waals surface area contributed by atoms with E-state index in [4.69, 9.17) is 20.3 Å². The van der Waals surface area contributed by atoms with Crippen molar-refractivity contribution in [2.45, 2.75) is 30.8 Å². The second-order valence-electron chi connectivity index (χ2n) is 10.6. The number of carbonyl (C=O) groups is 3. The number of phosphoric ester groups is 1. The summed E-state index contributed by atoms with van der Waals surface area (Å²) in [6.07, 6.45) is -0.728. The Labute approximate surface area is 259 Å². The van der Waals surface area contributed by atoms with Crippen LogP contribution in [0.5, 0.6) is 5.75 Å². The number of nitrogens with two attached hydrogens (primary N) is 1. The topological polar surface area (TPSA) is 177 Å². The minimum Gasteiger partial charge on any atom is -0.449 e. The number of hydrogen-bond acceptors (Lipinski definition) is 6. The second-order valence-corrected chi connectivity index (χ2v) is 11.8. The molecule has 0 spiro atoms. The average Bonchev–Trinajstić information content (AvgIpc) is 3.33. The molecular weight excluding hydrogens is 597 g/mol. The van der Waals surface area contributed by atoms with Crippen LogP contribution in [0.3, 0.4) is 0 Å². The highest BCUT2D eigenvalue weighted by molar-refractivity contribution is 7.46. The zero-order valence-electron chi connectivity index (χ0n) is 24.0. The molecule has 0 saturated heterocycles. The number of fused-ring (bicyclic) bond motifs is 3. The molecule has 45 heavy (non-hydrogen) atoms. The number of carbonyl (C=O) groups excluding carboxylic acids is 3. The largest absolute Gasteiger partial charge is 0.524 e. The predicted octanol–water partition coefficient (Wildman–Crippen LogP) is 3.82. The third-order valence-corrected chi connectivity index (χ3v) is 7.93. The van der Waals surface area contributed by atoms with E-state index in [9.17, 15) is 18.9 Å². The molecule has 1 aliphatic rings. The Morgan fingerprint density at radius 2 is 1.27 bits per heavy atom. The molecule has 6 N–H and O–H groups in total. The monoisotopic (exact) mass is 629 g/mol. The van der Waals surface area contributed by atoms with Gasteiger partial charge in [-0.05, 0) is 45.5 Å². The maximum absolute atomic E-state index is 13.5. The first-order valence-electron chi connectivity index (χ1n) is 14.2. The van der Waals surface area contributed by atoms with E-state index in [1.807, 2.05) is 54.6 Å². The van der Waals surface area contributed by atoms with Crippen LogP contribution in [0.2, 0.25) is 0 Å². The lowest BCUT2D eigenvalue weighted by Crippen LogP contribution is -2.54. The highest BCUT2D eigenvalue weighted by Crippen LogP contribution is 2.44. The average molecular weight is 630 g/mol. The van der Waals surface area contributed by atoms with Gasteiger partial charge in [0.05, 0.1) is 0 Å². The van der Waals surface area contributed by atoms with E-state index in [2.05, 4.69) is 15.2 Å². The van der Waals surface area contributed by atoms with E-state index in [0.29, 0.717) is 5.56 Å². The third-order valence-electron chi connectivity index (χ3n) is 7.48. The van der Waals surface area contributed by atoms with Gasteiger partial charge < -0.3 is 25.6 Å². The van der Waals surface area contributed by atoms with Gasteiger partial charge in [0.25, 0.3) is 0 Å². The molecule has 1 aliphatic carbocycles. The van der Waals surface area contributed by atoms with Crippen molar-refractivity contribution >= 4 is 25.7 Å². The second kappa shape index (κ2) is 13.8. The van der Waals surface area contributed by atoms with E-state index in [-0.39, 0.29) is 31.1 Å². The van der Waals surface area contributed by atoms with Crippen molar-refractivity contribution in [1.29, 1.82) is 0 Å². The van der Waals surface area contributed by atoms with E-state index in [1.165, 1.54) is 24.3 Å². The molecule has 0 bridgehead atoms. The predicted molar refractivity (Wildman–Crippen MR) is 166 cm³/mol. The van der Waals surface area contributed by atoms with E-state index in [1.54, 1.807) is 24.3 Å². The molecule has 11 nitrogen and oxygen atoms in total. The van der Waals surface area contributed by atoms with Crippen LogP contribution in [-0.4, -0.2) is 46.4 Å². The van der Waals surface area contributed by atoms with Gasteiger partial charge in [-0.2, -0.15) is 0 Å². The van der Waals surface area contributed by atoms with Gasteiger partial charge in [-0.25, -0.2) is 9.36 Å². The van der Waals surface area contributed by atoms with Crippen molar-refractivity contribution in [2.24, 2.45) is 5.73 Å². The number of phosphoric acid groups is 1. The van der Waals surface area contributed by atoms with Crippen LogP contribution in [-0.2, 0) is 31.7 Å². The van der Waals surface area contributed by atoms with Gasteiger partial charge in [0.15, 0.2) is 0 Å². The number of primary amides is 1. The molecule has 0 aromatic heterocycles. The summed E-state index contributed by atoms with van der Waals surface area (Å²) < 4.78 is 21.4. The highest BCUT2D eigenvalue weighted by atomic mass is 31.2. The van der Waals surface area contributed by atoms with Crippen LogP contribution in [0.4, 0.5) is 4.79 Å². The van der Waals surface area contributed by atoms with Crippen LogP contribution in [0.15, 0.2) is 103 Å². The quantitative estimate of drug-likeness (QED) is 0.147. The van der Waals surface area contributed by atoms with Crippen LogP contribution < -0.4 is 20.9 Å². The summed E-state index contributed by atoms with van der Waals surface area (Å²) in [5.74, 6) is -1.68. The molecule has 0 unspecified atom stereocenters. The molecular formula is C33H32N3O8P. The molecule has 0 heterocycles. The minimum atomic E-state index is -4.76. The van der Waals surface area contributed by atoms with Crippen molar-refractivity contribution in [3.8, 4) is 16.9 Å². The number of nitrogens with one attached hydrogen (secondary N) is 2. The first-order valence-corrected chi connectivity index (χ1v) is 15.7. The molecule has 2 atom stereocenters. The summed E-state index contributed by atoms with van der Waals surface area (Å²) >= 11 is 0. The number of rotatable bonds is 12. The molecule has 3 amide bonds. The van der Waals surface area contributed by atoms with Crippen molar-refractivity contribution < 1.29 is 38.0 Å². The van der Waals surface area contributed by atoms with Crippen molar-refractivity contribution in [1.82, 2.24) is 10.6 Å². The van der Waals surface area contributed by atoms with E-state index in [0.717, 1.165) is 27.8 Å². The molecule has 4 aromatic rings. The lowest BCUT2D eigenvalue weighted by atomic mass is 9.98. The molecule has 232 valence electrons. The van der Waals surface area contributed by atoms with Crippen LogP contribution in [0.25, 0.3) is 11.1 Å². The Balaban J connectivity index is 1.31. The fourth-order valence-corrected chi connectivity index (χ4v) is 5.79. The lowest BCUT2D eigenvalue weighted by Gasteiger charge is -2.23. The Morgan fingerprint density at radius 1 is 0.733 bits per heavy atom. The fraction of sp³-hybridized carbons (Fsp3) is 0.182. The molecule has 12 heteroatoms. The standard InChI is InChI=1S/C33H32N3O8P/c34-31(37)29(18-21-8-2-1-3-9-21)35-32(38)30(19-22-14-16-23(17-15-22)44-45(40,41)42)36-33(39)43-20-28-26-12-6-4-10-24(26)25-11-5-7-13-27(25)28/h1-17,28-30H,18-20H2,(H2,34,37)(H,35,38)(H,36,39)(H2,40,41,42)/t29-,30-/m0/s1. The van der Waals surface area contributed by atoms with Gasteiger partial charge in [0.2, 0.25) is 11.8 Å².